The fourth-order valence-electron chi connectivity index (χ4n) is 2.30. The van der Waals surface area contributed by atoms with E-state index in [4.69, 9.17) is 5.73 Å². The van der Waals surface area contributed by atoms with Crippen molar-refractivity contribution in [3.05, 3.63) is 59.5 Å². The lowest BCUT2D eigenvalue weighted by molar-refractivity contribution is 0.688. The van der Waals surface area contributed by atoms with Crippen LogP contribution in [0.2, 0.25) is 0 Å². The first kappa shape index (κ1) is 11.9. The normalized spacial score (nSPS) is 11.1. The molecule has 0 saturated heterocycles. The number of nitrogens with zero attached hydrogens (tertiary/aromatic N) is 3. The highest BCUT2D eigenvalue weighted by Crippen LogP contribution is 2.19. The zero-order chi connectivity index (χ0) is 13.2. The van der Waals surface area contributed by atoms with Crippen molar-refractivity contribution >= 4 is 10.9 Å². The van der Waals surface area contributed by atoms with E-state index in [1.165, 1.54) is 10.9 Å². The van der Waals surface area contributed by atoms with Crippen molar-refractivity contribution in [3.63, 3.8) is 0 Å². The van der Waals surface area contributed by atoms with Crippen LogP contribution in [-0.2, 0) is 13.1 Å². The number of aryl methyl sites for hydroxylation is 1. The Morgan fingerprint density at radius 1 is 1.26 bits per heavy atom. The van der Waals surface area contributed by atoms with Crippen LogP contribution in [0.3, 0.4) is 0 Å². The van der Waals surface area contributed by atoms with Gasteiger partial charge >= 0.3 is 0 Å². The van der Waals surface area contributed by atoms with Gasteiger partial charge in [-0.05, 0) is 24.6 Å². The lowest BCUT2D eigenvalue weighted by Gasteiger charge is -2.08. The molecule has 96 valence electrons. The second-order valence-electron chi connectivity index (χ2n) is 4.69. The van der Waals surface area contributed by atoms with Crippen LogP contribution < -0.4 is 5.73 Å². The van der Waals surface area contributed by atoms with Crippen LogP contribution in [-0.4, -0.2) is 14.8 Å². The van der Waals surface area contributed by atoms with E-state index in [9.17, 15) is 0 Å². The average molecular weight is 252 g/mol. The molecule has 0 amide bonds. The van der Waals surface area contributed by atoms with Crippen molar-refractivity contribution in [2.24, 2.45) is 5.73 Å². The van der Waals surface area contributed by atoms with E-state index in [-0.39, 0.29) is 0 Å². The molecule has 0 spiro atoms. The Hall–Kier alpha value is -2.20. The number of para-hydroxylation sites is 1. The SMILES string of the molecule is Cc1cc(Cn2cc(CN)cn2)c2ccccc2n1. The highest BCUT2D eigenvalue weighted by Gasteiger charge is 2.05. The molecule has 0 aliphatic carbocycles. The molecule has 0 fully saturated rings. The molecule has 2 aromatic heterocycles. The van der Waals surface area contributed by atoms with Crippen molar-refractivity contribution in [3.8, 4) is 0 Å². The topological polar surface area (TPSA) is 56.7 Å². The second kappa shape index (κ2) is 4.82. The first-order valence-corrected chi connectivity index (χ1v) is 6.33. The number of hydrogen-bond acceptors (Lipinski definition) is 3. The fraction of sp³-hybridized carbons (Fsp3) is 0.200. The van der Waals surface area contributed by atoms with Crippen LogP contribution in [0.25, 0.3) is 10.9 Å². The van der Waals surface area contributed by atoms with Crippen molar-refractivity contribution in [2.45, 2.75) is 20.0 Å². The molecule has 2 N–H and O–H groups in total. The van der Waals surface area contributed by atoms with Gasteiger partial charge in [-0.25, -0.2) is 0 Å². The predicted octanol–water partition coefficient (Wildman–Crippen LogP) is 2.25. The third-order valence-corrected chi connectivity index (χ3v) is 3.18. The second-order valence-corrected chi connectivity index (χ2v) is 4.69. The number of pyridine rings is 1. The molecule has 2 heterocycles. The van der Waals surface area contributed by atoms with Crippen molar-refractivity contribution in [2.75, 3.05) is 0 Å². The Morgan fingerprint density at radius 3 is 2.89 bits per heavy atom. The molecule has 0 atom stereocenters. The summed E-state index contributed by atoms with van der Waals surface area (Å²) in [4.78, 5) is 4.55. The molecule has 0 aliphatic rings. The van der Waals surface area contributed by atoms with Gasteiger partial charge in [0.1, 0.15) is 0 Å². The number of hydrogen-bond donors (Lipinski definition) is 1. The minimum Gasteiger partial charge on any atom is -0.326 e. The molecule has 19 heavy (non-hydrogen) atoms. The average Bonchev–Trinajstić information content (AvgIpc) is 2.86. The summed E-state index contributed by atoms with van der Waals surface area (Å²) in [5, 5.41) is 5.51. The summed E-state index contributed by atoms with van der Waals surface area (Å²) in [5.74, 6) is 0. The van der Waals surface area contributed by atoms with E-state index in [2.05, 4.69) is 22.2 Å². The van der Waals surface area contributed by atoms with Crippen molar-refractivity contribution in [1.82, 2.24) is 14.8 Å². The third kappa shape index (κ3) is 2.35. The highest BCUT2D eigenvalue weighted by atomic mass is 15.3. The van der Waals surface area contributed by atoms with Crippen LogP contribution in [0.15, 0.2) is 42.7 Å². The molecular weight excluding hydrogens is 236 g/mol. The lowest BCUT2D eigenvalue weighted by atomic mass is 10.1. The summed E-state index contributed by atoms with van der Waals surface area (Å²) in [7, 11) is 0. The molecule has 3 aromatic rings. The molecule has 1 aromatic carbocycles. The Bertz CT molecular complexity index is 715. The van der Waals surface area contributed by atoms with Gasteiger partial charge in [0.25, 0.3) is 0 Å². The first-order valence-electron chi connectivity index (χ1n) is 6.33. The molecular formula is C15H16N4. The third-order valence-electron chi connectivity index (χ3n) is 3.18. The minimum absolute atomic E-state index is 0.524. The highest BCUT2D eigenvalue weighted by molar-refractivity contribution is 5.82. The molecule has 0 bridgehead atoms. The quantitative estimate of drug-likeness (QED) is 0.777. The lowest BCUT2D eigenvalue weighted by Crippen LogP contribution is -2.02. The van der Waals surface area contributed by atoms with Gasteiger partial charge in [-0.1, -0.05) is 18.2 Å². The minimum atomic E-state index is 0.524. The Balaban J connectivity index is 2.04. The summed E-state index contributed by atoms with van der Waals surface area (Å²) in [6, 6.07) is 10.3. The number of rotatable bonds is 3. The monoisotopic (exact) mass is 252 g/mol. The molecule has 0 saturated carbocycles. The first-order chi connectivity index (χ1) is 9.26. The number of fused-ring (bicyclic) bond motifs is 1. The van der Waals surface area contributed by atoms with Crippen molar-refractivity contribution < 1.29 is 0 Å². The van der Waals surface area contributed by atoms with Gasteiger partial charge in [-0.2, -0.15) is 5.10 Å². The molecule has 4 heteroatoms. The van der Waals surface area contributed by atoms with Gasteiger partial charge < -0.3 is 5.73 Å². The van der Waals surface area contributed by atoms with E-state index in [1.54, 1.807) is 0 Å². The Morgan fingerprint density at radius 2 is 2.11 bits per heavy atom. The number of benzene rings is 1. The molecule has 0 unspecified atom stereocenters. The summed E-state index contributed by atoms with van der Waals surface area (Å²) >= 11 is 0. The number of nitrogens with two attached hydrogens (primary N) is 1. The fourth-order valence-corrected chi connectivity index (χ4v) is 2.30. The van der Waals surface area contributed by atoms with E-state index in [0.29, 0.717) is 6.54 Å². The van der Waals surface area contributed by atoms with Gasteiger partial charge in [-0.3, -0.25) is 9.67 Å². The largest absolute Gasteiger partial charge is 0.326 e. The summed E-state index contributed by atoms with van der Waals surface area (Å²) < 4.78 is 1.92. The van der Waals surface area contributed by atoms with Crippen LogP contribution in [0.1, 0.15) is 16.8 Å². The van der Waals surface area contributed by atoms with Gasteiger partial charge in [-0.15, -0.1) is 0 Å². The van der Waals surface area contributed by atoms with Crippen LogP contribution in [0, 0.1) is 6.92 Å². The van der Waals surface area contributed by atoms with Gasteiger partial charge in [0.05, 0.1) is 18.3 Å². The molecule has 0 radical (unpaired) electrons. The van der Waals surface area contributed by atoms with E-state index >= 15 is 0 Å². The summed E-state index contributed by atoms with van der Waals surface area (Å²) in [5.41, 5.74) is 9.95. The van der Waals surface area contributed by atoms with Gasteiger partial charge in [0.2, 0.25) is 0 Å². The van der Waals surface area contributed by atoms with Gasteiger partial charge in [0.15, 0.2) is 0 Å². The standard InChI is InChI=1S/C15H16N4/c1-11-6-13(10-19-9-12(7-16)8-17-19)14-4-2-3-5-15(14)18-11/h2-6,8-9H,7,10,16H2,1H3. The summed E-state index contributed by atoms with van der Waals surface area (Å²) in [6.45, 7) is 3.28. The zero-order valence-electron chi connectivity index (χ0n) is 10.9. The molecule has 0 aliphatic heterocycles. The Kier molecular flexibility index (Phi) is 3.01. The van der Waals surface area contributed by atoms with E-state index in [1.807, 2.05) is 42.2 Å². The van der Waals surface area contributed by atoms with Crippen molar-refractivity contribution in [1.29, 1.82) is 0 Å². The van der Waals surface area contributed by atoms with Crippen LogP contribution in [0.5, 0.6) is 0 Å². The van der Waals surface area contributed by atoms with Crippen LogP contribution in [0.4, 0.5) is 0 Å². The Labute approximate surface area is 111 Å². The number of aromatic nitrogens is 3. The maximum atomic E-state index is 5.61. The van der Waals surface area contributed by atoms with E-state index in [0.717, 1.165) is 23.3 Å². The molecule has 4 nitrogen and oxygen atoms in total. The smallest absolute Gasteiger partial charge is 0.0708 e. The van der Waals surface area contributed by atoms with Gasteiger partial charge in [0, 0.05) is 29.4 Å². The summed E-state index contributed by atoms with van der Waals surface area (Å²) in [6.07, 6.45) is 3.81. The maximum Gasteiger partial charge on any atom is 0.0708 e. The zero-order valence-corrected chi connectivity index (χ0v) is 10.9. The molecule has 3 rings (SSSR count). The maximum absolute atomic E-state index is 5.61. The predicted molar refractivity (Wildman–Crippen MR) is 75.7 cm³/mol. The van der Waals surface area contributed by atoms with E-state index < -0.39 is 0 Å². The van der Waals surface area contributed by atoms with Crippen LogP contribution >= 0.6 is 0 Å².